The van der Waals surface area contributed by atoms with Gasteiger partial charge in [-0.25, -0.2) is 5.01 Å². The number of nitrogens with zero attached hydrogens (tertiary/aromatic N) is 2. The van der Waals surface area contributed by atoms with Crippen molar-refractivity contribution in [3.05, 3.63) is 63.6 Å². The summed E-state index contributed by atoms with van der Waals surface area (Å²) in [6.45, 7) is -0.512. The van der Waals surface area contributed by atoms with Gasteiger partial charge in [0, 0.05) is 23.4 Å². The first kappa shape index (κ1) is 20.8. The Morgan fingerprint density at radius 3 is 2.21 bits per heavy atom. The quantitative estimate of drug-likeness (QED) is 0.513. The number of carbonyl (C=O) groups excluding carboxylic acids is 4. The summed E-state index contributed by atoms with van der Waals surface area (Å²) in [4.78, 5) is 50.3. The SMILES string of the molecule is COc1ccc(C(=O)CN(C(=O)c2ccc(Cl)cc2Cl)N2C(=O)CCC2=O)cc1. The lowest BCUT2D eigenvalue weighted by molar-refractivity contribution is -0.152. The van der Waals surface area contributed by atoms with Crippen LogP contribution in [0.4, 0.5) is 0 Å². The maximum Gasteiger partial charge on any atom is 0.274 e. The smallest absolute Gasteiger partial charge is 0.274 e. The molecule has 0 atom stereocenters. The molecule has 3 rings (SSSR count). The number of hydrazine groups is 1. The molecule has 1 fully saturated rings. The molecule has 3 amide bonds. The van der Waals surface area contributed by atoms with Crippen LogP contribution in [0.3, 0.4) is 0 Å². The van der Waals surface area contributed by atoms with Crippen molar-refractivity contribution in [2.24, 2.45) is 0 Å². The van der Waals surface area contributed by atoms with Crippen molar-refractivity contribution >= 4 is 46.7 Å². The Morgan fingerprint density at radius 1 is 1.03 bits per heavy atom. The first-order valence-electron chi connectivity index (χ1n) is 8.61. The zero-order valence-corrected chi connectivity index (χ0v) is 16.9. The minimum Gasteiger partial charge on any atom is -0.497 e. The van der Waals surface area contributed by atoms with Gasteiger partial charge in [0.25, 0.3) is 5.91 Å². The third kappa shape index (κ3) is 4.41. The highest BCUT2D eigenvalue weighted by Gasteiger charge is 2.38. The lowest BCUT2D eigenvalue weighted by Crippen LogP contribution is -2.51. The Kier molecular flexibility index (Phi) is 6.20. The summed E-state index contributed by atoms with van der Waals surface area (Å²) in [5.74, 6) is -1.77. The number of amides is 3. The van der Waals surface area contributed by atoms with Gasteiger partial charge in [-0.05, 0) is 42.5 Å². The van der Waals surface area contributed by atoms with Gasteiger partial charge in [0.15, 0.2) is 5.78 Å². The van der Waals surface area contributed by atoms with E-state index in [1.165, 1.54) is 37.4 Å². The van der Waals surface area contributed by atoms with E-state index >= 15 is 0 Å². The van der Waals surface area contributed by atoms with Crippen LogP contribution < -0.4 is 4.74 Å². The molecule has 9 heteroatoms. The summed E-state index contributed by atoms with van der Waals surface area (Å²) >= 11 is 12.0. The van der Waals surface area contributed by atoms with Crippen LogP contribution in [-0.4, -0.2) is 47.2 Å². The van der Waals surface area contributed by atoms with Gasteiger partial charge >= 0.3 is 0 Å². The second kappa shape index (κ2) is 8.63. The minimum absolute atomic E-state index is 0.0195. The molecule has 0 radical (unpaired) electrons. The second-order valence-corrected chi connectivity index (χ2v) is 7.08. The lowest BCUT2D eigenvalue weighted by atomic mass is 10.1. The van der Waals surface area contributed by atoms with Crippen molar-refractivity contribution in [2.45, 2.75) is 12.8 Å². The van der Waals surface area contributed by atoms with E-state index in [4.69, 9.17) is 27.9 Å². The van der Waals surface area contributed by atoms with E-state index in [-0.39, 0.29) is 23.4 Å². The summed E-state index contributed by atoms with van der Waals surface area (Å²) < 4.78 is 5.06. The van der Waals surface area contributed by atoms with Gasteiger partial charge in [-0.1, -0.05) is 23.2 Å². The zero-order chi connectivity index (χ0) is 21.1. The van der Waals surface area contributed by atoms with Gasteiger partial charge in [0.2, 0.25) is 11.8 Å². The van der Waals surface area contributed by atoms with Crippen molar-refractivity contribution < 1.29 is 23.9 Å². The minimum atomic E-state index is -0.753. The fraction of sp³-hybridized carbons (Fsp3) is 0.200. The van der Waals surface area contributed by atoms with E-state index in [0.29, 0.717) is 21.3 Å². The summed E-state index contributed by atoms with van der Waals surface area (Å²) in [6.07, 6.45) is -0.0681. The topological polar surface area (TPSA) is 84.0 Å². The predicted octanol–water partition coefficient (Wildman–Crippen LogP) is 3.39. The molecule has 2 aromatic carbocycles. The molecule has 1 heterocycles. The van der Waals surface area contributed by atoms with Crippen LogP contribution in [0.5, 0.6) is 5.75 Å². The predicted molar refractivity (Wildman–Crippen MR) is 106 cm³/mol. The van der Waals surface area contributed by atoms with Gasteiger partial charge in [0.1, 0.15) is 12.3 Å². The summed E-state index contributed by atoms with van der Waals surface area (Å²) in [5, 5.41) is 1.91. The maximum atomic E-state index is 13.1. The van der Waals surface area contributed by atoms with E-state index < -0.39 is 30.0 Å². The van der Waals surface area contributed by atoms with E-state index in [2.05, 4.69) is 0 Å². The normalized spacial score (nSPS) is 13.6. The van der Waals surface area contributed by atoms with Gasteiger partial charge in [-0.3, -0.25) is 19.2 Å². The van der Waals surface area contributed by atoms with E-state index in [1.54, 1.807) is 12.1 Å². The molecule has 1 aliphatic rings. The van der Waals surface area contributed by atoms with Crippen molar-refractivity contribution in [1.29, 1.82) is 0 Å². The fourth-order valence-corrected chi connectivity index (χ4v) is 3.36. The van der Waals surface area contributed by atoms with Crippen molar-refractivity contribution in [1.82, 2.24) is 10.0 Å². The number of halogens is 2. The number of carbonyl (C=O) groups is 4. The number of benzene rings is 2. The monoisotopic (exact) mass is 434 g/mol. The molecular weight excluding hydrogens is 419 g/mol. The molecule has 0 saturated carbocycles. The van der Waals surface area contributed by atoms with Crippen LogP contribution in [0.25, 0.3) is 0 Å². The van der Waals surface area contributed by atoms with Crippen LogP contribution >= 0.6 is 23.2 Å². The first-order chi connectivity index (χ1) is 13.8. The average molecular weight is 435 g/mol. The highest BCUT2D eigenvalue weighted by Crippen LogP contribution is 2.25. The molecule has 1 saturated heterocycles. The number of Topliss-reactive ketones (excluding diaryl/α,β-unsaturated/α-hetero) is 1. The average Bonchev–Trinajstić information content (AvgIpc) is 3.03. The molecule has 1 aliphatic heterocycles. The summed E-state index contributed by atoms with van der Waals surface area (Å²) in [5.41, 5.74) is 0.316. The number of imide groups is 1. The van der Waals surface area contributed by atoms with Crippen LogP contribution in [0.15, 0.2) is 42.5 Å². The zero-order valence-electron chi connectivity index (χ0n) is 15.4. The molecule has 7 nitrogen and oxygen atoms in total. The molecule has 150 valence electrons. The number of ketones is 1. The van der Waals surface area contributed by atoms with Gasteiger partial charge < -0.3 is 4.74 Å². The van der Waals surface area contributed by atoms with Gasteiger partial charge in [-0.15, -0.1) is 0 Å². The van der Waals surface area contributed by atoms with Crippen LogP contribution in [0.2, 0.25) is 10.0 Å². The Balaban J connectivity index is 1.94. The third-order valence-corrected chi connectivity index (χ3v) is 4.92. The van der Waals surface area contributed by atoms with Crippen LogP contribution in [-0.2, 0) is 9.59 Å². The molecule has 0 aromatic heterocycles. The van der Waals surface area contributed by atoms with Crippen LogP contribution in [0.1, 0.15) is 33.6 Å². The van der Waals surface area contributed by atoms with Crippen molar-refractivity contribution in [2.75, 3.05) is 13.7 Å². The Morgan fingerprint density at radius 2 is 1.66 bits per heavy atom. The van der Waals surface area contributed by atoms with Crippen molar-refractivity contribution in [3.8, 4) is 5.75 Å². The molecule has 0 spiro atoms. The van der Waals surface area contributed by atoms with Gasteiger partial charge in [-0.2, -0.15) is 5.01 Å². The molecule has 2 aromatic rings. The molecule has 0 bridgehead atoms. The highest BCUT2D eigenvalue weighted by atomic mass is 35.5. The Labute approximate surface area is 176 Å². The standard InChI is InChI=1S/C20H16Cl2N2O5/c1-29-14-5-2-12(3-6-14)17(25)11-23(24-18(26)8-9-19(24)27)20(28)15-7-4-13(21)10-16(15)22/h2-7,10H,8-9,11H2,1H3. The van der Waals surface area contributed by atoms with E-state index in [0.717, 1.165) is 5.01 Å². The third-order valence-electron chi connectivity index (χ3n) is 4.37. The molecule has 0 unspecified atom stereocenters. The number of ether oxygens (including phenoxy) is 1. The molecular formula is C20H16Cl2N2O5. The largest absolute Gasteiger partial charge is 0.497 e. The highest BCUT2D eigenvalue weighted by molar-refractivity contribution is 6.36. The Bertz CT molecular complexity index is 975. The van der Waals surface area contributed by atoms with E-state index in [9.17, 15) is 19.2 Å². The van der Waals surface area contributed by atoms with E-state index in [1.807, 2.05) is 0 Å². The van der Waals surface area contributed by atoms with Crippen molar-refractivity contribution in [3.63, 3.8) is 0 Å². The number of rotatable bonds is 6. The second-order valence-electron chi connectivity index (χ2n) is 6.24. The lowest BCUT2D eigenvalue weighted by Gasteiger charge is -2.29. The number of hydrogen-bond acceptors (Lipinski definition) is 5. The summed E-state index contributed by atoms with van der Waals surface area (Å²) in [6, 6.07) is 10.5. The number of methoxy groups -OCH3 is 1. The first-order valence-corrected chi connectivity index (χ1v) is 9.37. The Hall–Kier alpha value is -2.90. The van der Waals surface area contributed by atoms with Crippen LogP contribution in [0, 0.1) is 0 Å². The van der Waals surface area contributed by atoms with Gasteiger partial charge in [0.05, 0.1) is 17.7 Å². The fourth-order valence-electron chi connectivity index (χ4n) is 2.87. The molecule has 29 heavy (non-hydrogen) atoms. The molecule has 0 aliphatic carbocycles. The number of hydrogen-bond donors (Lipinski definition) is 0. The summed E-state index contributed by atoms with van der Waals surface area (Å²) in [7, 11) is 1.50. The maximum absolute atomic E-state index is 13.1. The molecule has 0 N–H and O–H groups in total.